The molecule has 4 nitrogen and oxygen atoms in total. The van der Waals surface area contributed by atoms with Crippen LogP contribution in [0.25, 0.3) is 26.1 Å². The van der Waals surface area contributed by atoms with Gasteiger partial charge in [-0.3, -0.25) is 9.36 Å². The molecule has 0 saturated heterocycles. The first kappa shape index (κ1) is 18.3. The number of thiophene rings is 1. The molecule has 5 aromatic rings. The zero-order valence-electron chi connectivity index (χ0n) is 16.0. The molecule has 0 spiro atoms. The summed E-state index contributed by atoms with van der Waals surface area (Å²) in [7, 11) is 0. The third-order valence-electron chi connectivity index (χ3n) is 5.39. The quantitative estimate of drug-likeness (QED) is 0.257. The number of fused-ring (bicyclic) bond motifs is 4. The number of aryl methyl sites for hydroxylation is 2. The summed E-state index contributed by atoms with van der Waals surface area (Å²) in [6.07, 6.45) is 3.19. The molecule has 3 heterocycles. The summed E-state index contributed by atoms with van der Waals surface area (Å²) in [6.45, 7) is 0. The second-order valence-corrected chi connectivity index (χ2v) is 10.4. The first-order chi connectivity index (χ1) is 14.8. The molecule has 0 unspecified atom stereocenters. The Balaban J connectivity index is 1.47. The Morgan fingerprint density at radius 2 is 1.80 bits per heavy atom. The molecular weight excluding hydrogens is 430 g/mol. The molecule has 0 bridgehead atoms. The summed E-state index contributed by atoms with van der Waals surface area (Å²) in [4.78, 5) is 25.5. The Kier molecular flexibility index (Phi) is 4.48. The number of aromatic nitrogens is 3. The van der Waals surface area contributed by atoms with Gasteiger partial charge in [-0.05, 0) is 49.1 Å². The van der Waals surface area contributed by atoms with E-state index in [0.29, 0.717) is 5.75 Å². The number of thiazole rings is 1. The Hall–Kier alpha value is -2.48. The van der Waals surface area contributed by atoms with E-state index in [-0.39, 0.29) is 5.56 Å². The molecule has 0 saturated carbocycles. The van der Waals surface area contributed by atoms with Crippen molar-refractivity contribution in [2.24, 2.45) is 0 Å². The summed E-state index contributed by atoms with van der Waals surface area (Å²) in [5.74, 6) is 0.690. The van der Waals surface area contributed by atoms with Gasteiger partial charge in [-0.2, -0.15) is 0 Å². The largest absolute Gasteiger partial charge is 0.268 e. The Labute approximate surface area is 185 Å². The standard InChI is InChI=1S/C23H17N3OS3/c27-22-20-15-9-6-12-17(15)30-21(20)25-23(26(22)14-7-2-1-3-8-14)28-13-19-24-16-10-4-5-11-18(16)29-19/h1-5,7-8,10-11H,6,9,12-13H2. The fourth-order valence-electron chi connectivity index (χ4n) is 4.03. The minimum absolute atomic E-state index is 0.0531. The van der Waals surface area contributed by atoms with Crippen molar-refractivity contribution in [2.75, 3.05) is 0 Å². The van der Waals surface area contributed by atoms with Crippen LogP contribution in [-0.4, -0.2) is 14.5 Å². The maximum Gasteiger partial charge on any atom is 0.267 e. The number of benzene rings is 2. The highest BCUT2D eigenvalue weighted by atomic mass is 32.2. The molecule has 0 aliphatic heterocycles. The topological polar surface area (TPSA) is 47.8 Å². The van der Waals surface area contributed by atoms with E-state index in [2.05, 4.69) is 6.07 Å². The summed E-state index contributed by atoms with van der Waals surface area (Å²) >= 11 is 4.98. The van der Waals surface area contributed by atoms with E-state index in [4.69, 9.17) is 9.97 Å². The second kappa shape index (κ2) is 7.34. The summed E-state index contributed by atoms with van der Waals surface area (Å²) in [5.41, 5.74) is 3.16. The molecule has 7 heteroatoms. The van der Waals surface area contributed by atoms with Gasteiger partial charge >= 0.3 is 0 Å². The molecule has 30 heavy (non-hydrogen) atoms. The van der Waals surface area contributed by atoms with Crippen LogP contribution < -0.4 is 5.56 Å². The van der Waals surface area contributed by atoms with Crippen LogP contribution in [0.1, 0.15) is 21.9 Å². The van der Waals surface area contributed by atoms with E-state index in [1.807, 2.05) is 48.5 Å². The van der Waals surface area contributed by atoms with Gasteiger partial charge in [-0.15, -0.1) is 22.7 Å². The van der Waals surface area contributed by atoms with Crippen molar-refractivity contribution in [1.29, 1.82) is 0 Å². The van der Waals surface area contributed by atoms with Crippen LogP contribution in [0, 0.1) is 0 Å². The molecule has 148 valence electrons. The summed E-state index contributed by atoms with van der Waals surface area (Å²) in [5, 5.41) is 2.60. The van der Waals surface area contributed by atoms with Crippen molar-refractivity contribution >= 4 is 54.9 Å². The molecule has 0 radical (unpaired) electrons. The highest BCUT2D eigenvalue weighted by molar-refractivity contribution is 7.98. The smallest absolute Gasteiger partial charge is 0.267 e. The normalized spacial score (nSPS) is 13.3. The number of thioether (sulfide) groups is 1. The highest BCUT2D eigenvalue weighted by Crippen LogP contribution is 2.36. The maximum atomic E-state index is 13.6. The minimum atomic E-state index is 0.0531. The molecule has 3 aromatic heterocycles. The SMILES string of the molecule is O=c1c2c3c(sc2nc(SCc2nc4ccccc4s2)n1-c1ccccc1)CCC3. The van der Waals surface area contributed by atoms with Crippen molar-refractivity contribution in [3.8, 4) is 5.69 Å². The van der Waals surface area contributed by atoms with Crippen molar-refractivity contribution in [2.45, 2.75) is 30.2 Å². The lowest BCUT2D eigenvalue weighted by Crippen LogP contribution is -2.21. The Morgan fingerprint density at radius 1 is 0.967 bits per heavy atom. The Morgan fingerprint density at radius 3 is 2.67 bits per heavy atom. The number of hydrogen-bond acceptors (Lipinski definition) is 6. The van der Waals surface area contributed by atoms with Gasteiger partial charge in [-0.1, -0.05) is 42.1 Å². The van der Waals surface area contributed by atoms with Gasteiger partial charge in [0.2, 0.25) is 0 Å². The van der Waals surface area contributed by atoms with E-state index in [9.17, 15) is 4.79 Å². The first-order valence-corrected chi connectivity index (χ1v) is 12.5. The van der Waals surface area contributed by atoms with Gasteiger partial charge in [0.15, 0.2) is 5.16 Å². The fourth-order valence-corrected chi connectivity index (χ4v) is 7.31. The third kappa shape index (κ3) is 3.00. The molecule has 0 atom stereocenters. The molecule has 0 amide bonds. The zero-order chi connectivity index (χ0) is 20.1. The van der Waals surface area contributed by atoms with E-state index < -0.39 is 0 Å². The van der Waals surface area contributed by atoms with Crippen molar-refractivity contribution < 1.29 is 0 Å². The first-order valence-electron chi connectivity index (χ1n) is 9.88. The molecule has 6 rings (SSSR count). The second-order valence-electron chi connectivity index (χ2n) is 7.27. The van der Waals surface area contributed by atoms with Gasteiger partial charge in [-0.25, -0.2) is 9.97 Å². The number of para-hydroxylation sites is 2. The van der Waals surface area contributed by atoms with Crippen LogP contribution in [0.2, 0.25) is 0 Å². The van der Waals surface area contributed by atoms with Gasteiger partial charge in [0.25, 0.3) is 5.56 Å². The number of hydrogen-bond donors (Lipinski definition) is 0. The maximum absolute atomic E-state index is 13.6. The highest BCUT2D eigenvalue weighted by Gasteiger charge is 2.24. The lowest BCUT2D eigenvalue weighted by molar-refractivity contribution is 0.820. The molecular formula is C23H17N3OS3. The lowest BCUT2D eigenvalue weighted by Gasteiger charge is -2.12. The van der Waals surface area contributed by atoms with Gasteiger partial charge < -0.3 is 0 Å². The molecule has 0 fully saturated rings. The van der Waals surface area contributed by atoms with Gasteiger partial charge in [0.05, 0.1) is 27.0 Å². The molecule has 1 aliphatic carbocycles. The van der Waals surface area contributed by atoms with Crippen LogP contribution >= 0.6 is 34.4 Å². The van der Waals surface area contributed by atoms with Crippen LogP contribution in [0.4, 0.5) is 0 Å². The average molecular weight is 448 g/mol. The van der Waals surface area contributed by atoms with E-state index in [1.165, 1.54) is 15.1 Å². The number of nitrogens with zero attached hydrogens (tertiary/aromatic N) is 3. The van der Waals surface area contributed by atoms with Gasteiger partial charge in [0.1, 0.15) is 9.84 Å². The van der Waals surface area contributed by atoms with Gasteiger partial charge in [0, 0.05) is 4.88 Å². The van der Waals surface area contributed by atoms with Crippen LogP contribution in [0.3, 0.4) is 0 Å². The molecule has 0 N–H and O–H groups in total. The van der Waals surface area contributed by atoms with Crippen molar-refractivity contribution in [3.63, 3.8) is 0 Å². The fraction of sp³-hybridized carbons (Fsp3) is 0.174. The predicted octanol–water partition coefficient (Wildman–Crippen LogP) is 5.84. The van der Waals surface area contributed by atoms with Crippen LogP contribution in [0.5, 0.6) is 0 Å². The van der Waals surface area contributed by atoms with Crippen LogP contribution in [-0.2, 0) is 18.6 Å². The zero-order valence-corrected chi connectivity index (χ0v) is 18.4. The molecule has 2 aromatic carbocycles. The summed E-state index contributed by atoms with van der Waals surface area (Å²) in [6, 6.07) is 18.0. The number of rotatable bonds is 4. The summed E-state index contributed by atoms with van der Waals surface area (Å²) < 4.78 is 2.97. The van der Waals surface area contributed by atoms with Crippen LogP contribution in [0.15, 0.2) is 64.5 Å². The van der Waals surface area contributed by atoms with Crippen molar-refractivity contribution in [1.82, 2.24) is 14.5 Å². The Bertz CT molecular complexity index is 1420. The monoisotopic (exact) mass is 447 g/mol. The molecule has 1 aliphatic rings. The van der Waals surface area contributed by atoms with E-state index in [1.54, 1.807) is 39.0 Å². The lowest BCUT2D eigenvalue weighted by atomic mass is 10.2. The van der Waals surface area contributed by atoms with Crippen molar-refractivity contribution in [3.05, 3.63) is 80.4 Å². The van der Waals surface area contributed by atoms with E-state index >= 15 is 0 Å². The third-order valence-corrected chi connectivity index (χ3v) is 8.74. The minimum Gasteiger partial charge on any atom is -0.268 e. The predicted molar refractivity (Wildman–Crippen MR) is 126 cm³/mol. The average Bonchev–Trinajstić information content (AvgIpc) is 3.46. The van der Waals surface area contributed by atoms with E-state index in [0.717, 1.165) is 50.8 Å².